The molecule has 13 nitrogen and oxygen atoms in total. The highest BCUT2D eigenvalue weighted by molar-refractivity contribution is 7.99. The summed E-state index contributed by atoms with van der Waals surface area (Å²) in [6, 6.07) is 10.7. The molecule has 3 aromatic rings. The van der Waals surface area contributed by atoms with Crippen LogP contribution in [0.4, 0.5) is 11.4 Å². The highest BCUT2D eigenvalue weighted by Gasteiger charge is 2.36. The number of aromatic nitrogens is 1. The van der Waals surface area contributed by atoms with E-state index in [4.69, 9.17) is 33.9 Å². The third-order valence-corrected chi connectivity index (χ3v) is 13.8. The SMILES string of the molecule is C/C=C1\C[C@H]2C=Nc3cc(OCc4cc(CCCN(C)C(=O)CCC(C)(C)C(S)S)cc(COc5cc6c(cc5OC)C(=O)N5C/C(=C/C)C[C@H]5C=N6)n4)c(OC)cc3C(=O)N2C1. The smallest absolute Gasteiger partial charge is 0.257 e. The average molecular weight is 895 g/mol. The Morgan fingerprint density at radius 2 is 1.30 bits per heavy atom. The molecular weight excluding hydrogens is 837 g/mol. The van der Waals surface area contributed by atoms with E-state index in [2.05, 4.69) is 51.3 Å². The van der Waals surface area contributed by atoms with E-state index in [1.807, 2.05) is 55.3 Å². The molecule has 5 heterocycles. The van der Waals surface area contributed by atoms with E-state index in [1.165, 1.54) is 11.1 Å². The number of pyridine rings is 1. The predicted molar refractivity (Wildman–Crippen MR) is 252 cm³/mol. The summed E-state index contributed by atoms with van der Waals surface area (Å²) in [7, 11) is 4.93. The minimum absolute atomic E-state index is 0.0793. The lowest BCUT2D eigenvalue weighted by Gasteiger charge is -2.28. The molecule has 1 aromatic heterocycles. The molecule has 63 heavy (non-hydrogen) atoms. The zero-order valence-corrected chi connectivity index (χ0v) is 39.0. The molecule has 2 aromatic carbocycles. The summed E-state index contributed by atoms with van der Waals surface area (Å²) in [5.41, 5.74) is 6.47. The number of fused-ring (bicyclic) bond motifs is 4. The van der Waals surface area contributed by atoms with Crippen LogP contribution in [0.5, 0.6) is 23.0 Å². The fourth-order valence-corrected chi connectivity index (χ4v) is 8.50. The number of amides is 3. The Labute approximate surface area is 381 Å². The molecule has 0 radical (unpaired) electrons. The van der Waals surface area contributed by atoms with E-state index in [9.17, 15) is 14.4 Å². The molecule has 15 heteroatoms. The lowest BCUT2D eigenvalue weighted by atomic mass is 9.89. The van der Waals surface area contributed by atoms with Crippen LogP contribution in [0.3, 0.4) is 0 Å². The van der Waals surface area contributed by atoms with Gasteiger partial charge in [0.2, 0.25) is 5.91 Å². The number of carbonyl (C=O) groups is 3. The molecule has 0 saturated carbocycles. The maximum absolute atomic E-state index is 13.7. The summed E-state index contributed by atoms with van der Waals surface area (Å²) < 4.78 is 24.1. The molecule has 0 bridgehead atoms. The van der Waals surface area contributed by atoms with Gasteiger partial charge < -0.3 is 33.6 Å². The number of thiol groups is 2. The highest BCUT2D eigenvalue weighted by atomic mass is 32.2. The van der Waals surface area contributed by atoms with Gasteiger partial charge in [-0.3, -0.25) is 29.4 Å². The predicted octanol–water partition coefficient (Wildman–Crippen LogP) is 8.39. The van der Waals surface area contributed by atoms with E-state index in [1.54, 1.807) is 43.4 Å². The summed E-state index contributed by atoms with van der Waals surface area (Å²) in [5.74, 6) is 1.57. The van der Waals surface area contributed by atoms with E-state index in [0.717, 1.165) is 18.4 Å². The van der Waals surface area contributed by atoms with Gasteiger partial charge >= 0.3 is 0 Å². The van der Waals surface area contributed by atoms with Gasteiger partial charge in [0.25, 0.3) is 11.8 Å². The topological polar surface area (TPSA) is 135 Å². The van der Waals surface area contributed by atoms with Crippen molar-refractivity contribution in [3.63, 3.8) is 0 Å². The molecule has 2 saturated heterocycles. The second kappa shape index (κ2) is 19.6. The van der Waals surface area contributed by atoms with Crippen molar-refractivity contribution >= 4 is 66.8 Å². The van der Waals surface area contributed by atoms with Crippen LogP contribution >= 0.6 is 25.3 Å². The minimum atomic E-state index is -0.182. The number of benzene rings is 2. The maximum atomic E-state index is 13.7. The largest absolute Gasteiger partial charge is 0.493 e. The quantitative estimate of drug-likeness (QED) is 0.0832. The molecule has 0 aliphatic carbocycles. The number of hydrogen-bond donors (Lipinski definition) is 2. The normalized spacial score (nSPS) is 19.2. The van der Waals surface area contributed by atoms with E-state index < -0.39 is 0 Å². The third-order valence-electron chi connectivity index (χ3n) is 12.4. The van der Waals surface area contributed by atoms with E-state index >= 15 is 0 Å². The molecule has 0 spiro atoms. The number of allylic oxidation sites excluding steroid dienone is 2. The number of ether oxygens (including phenoxy) is 4. The standard InChI is InChI=1S/C48H58N6O7S2/c1-8-29-17-34-23-49-38-21-42(40(58-6)19-36(38)45(56)53(34)25-29)60-27-32-15-31(11-10-14-52(5)44(55)12-13-48(3,4)47(62)63)16-33(51-32)28-61-43-22-39-37(20-41(43)59-7)46(57)54-26-30(9-2)18-35(54)24-50-39/h8-9,15-16,19-24,34-35,47,62-63H,10-14,17-18,25-28H2,1-7H3/b29-8+,30-9+/t34-,35-/m0/s1. The van der Waals surface area contributed by atoms with Crippen molar-refractivity contribution in [1.82, 2.24) is 19.7 Å². The van der Waals surface area contributed by atoms with Crippen LogP contribution in [0.15, 0.2) is 69.7 Å². The molecule has 4 aliphatic rings. The summed E-state index contributed by atoms with van der Waals surface area (Å²) in [5, 5.41) is 0. The van der Waals surface area contributed by atoms with Crippen LogP contribution < -0.4 is 18.9 Å². The van der Waals surface area contributed by atoms with Gasteiger partial charge in [-0.2, -0.15) is 25.3 Å². The first-order chi connectivity index (χ1) is 30.2. The first kappa shape index (κ1) is 45.7. The van der Waals surface area contributed by atoms with E-state index in [0.29, 0.717) is 102 Å². The van der Waals surface area contributed by atoms with Crippen molar-refractivity contribution in [2.75, 3.05) is 40.9 Å². The zero-order valence-electron chi connectivity index (χ0n) is 37.2. The number of carbonyl (C=O) groups excluding carboxylic acids is 3. The molecule has 4 aliphatic heterocycles. The lowest BCUT2D eigenvalue weighted by Crippen LogP contribution is -2.35. The van der Waals surface area contributed by atoms with Crippen molar-refractivity contribution in [2.45, 2.75) is 96.1 Å². The second-order valence-corrected chi connectivity index (χ2v) is 18.7. The number of rotatable bonds is 16. The highest BCUT2D eigenvalue weighted by Crippen LogP contribution is 2.41. The summed E-state index contributed by atoms with van der Waals surface area (Å²) in [6.07, 6.45) is 11.8. The van der Waals surface area contributed by atoms with Gasteiger partial charge in [-0.15, -0.1) is 0 Å². The summed E-state index contributed by atoms with van der Waals surface area (Å²) >= 11 is 8.97. The molecule has 334 valence electrons. The fraction of sp³-hybridized carbons (Fsp3) is 0.458. The Morgan fingerprint density at radius 1 is 0.810 bits per heavy atom. The minimum Gasteiger partial charge on any atom is -0.493 e. The summed E-state index contributed by atoms with van der Waals surface area (Å²) in [4.78, 5) is 60.3. The van der Waals surface area contributed by atoms with Crippen LogP contribution in [0.1, 0.15) is 97.5 Å². The number of methoxy groups -OCH3 is 2. The van der Waals surface area contributed by atoms with Crippen molar-refractivity contribution in [2.24, 2.45) is 15.4 Å². The van der Waals surface area contributed by atoms with Gasteiger partial charge in [0.1, 0.15) is 13.2 Å². The maximum Gasteiger partial charge on any atom is 0.257 e. The Balaban J connectivity index is 1.11. The monoisotopic (exact) mass is 894 g/mol. The zero-order chi connectivity index (χ0) is 45.0. The lowest BCUT2D eigenvalue weighted by molar-refractivity contribution is -0.130. The van der Waals surface area contributed by atoms with Gasteiger partial charge in [0.15, 0.2) is 23.0 Å². The number of aliphatic imine (C=N–C) groups is 2. The van der Waals surface area contributed by atoms with Gasteiger partial charge in [-0.05, 0) is 81.2 Å². The molecule has 0 N–H and O–H groups in total. The Morgan fingerprint density at radius 3 is 1.75 bits per heavy atom. The Hall–Kier alpha value is -5.28. The first-order valence-electron chi connectivity index (χ1n) is 21.5. The second-order valence-electron chi connectivity index (χ2n) is 17.2. The van der Waals surface area contributed by atoms with Gasteiger partial charge in [0, 0.05) is 62.2 Å². The molecule has 3 amide bonds. The fourth-order valence-electron chi connectivity index (χ4n) is 8.24. The van der Waals surface area contributed by atoms with Crippen molar-refractivity contribution < 1.29 is 33.3 Å². The molecule has 2 atom stereocenters. The van der Waals surface area contributed by atoms with Crippen molar-refractivity contribution in [3.8, 4) is 23.0 Å². The van der Waals surface area contributed by atoms with Gasteiger partial charge in [-0.1, -0.05) is 37.1 Å². The molecule has 0 unspecified atom stereocenters. The van der Waals surface area contributed by atoms with Crippen LogP contribution in [0.25, 0.3) is 0 Å². The van der Waals surface area contributed by atoms with Crippen LogP contribution in [-0.2, 0) is 24.4 Å². The average Bonchev–Trinajstić information content (AvgIpc) is 3.85. The number of aryl methyl sites for hydroxylation is 1. The van der Waals surface area contributed by atoms with Crippen LogP contribution in [0.2, 0.25) is 0 Å². The van der Waals surface area contributed by atoms with Crippen molar-refractivity contribution in [3.05, 3.63) is 87.8 Å². The third kappa shape index (κ3) is 10.3. The Bertz CT molecular complexity index is 2240. The van der Waals surface area contributed by atoms with Gasteiger partial charge in [-0.25, -0.2) is 0 Å². The van der Waals surface area contributed by atoms with Crippen molar-refractivity contribution in [1.29, 1.82) is 0 Å². The van der Waals surface area contributed by atoms with E-state index in [-0.39, 0.29) is 53.0 Å². The molecular formula is C48H58N6O7S2. The Kier molecular flexibility index (Phi) is 14.2. The van der Waals surface area contributed by atoms with Gasteiger partial charge in [0.05, 0.1) is 60.2 Å². The summed E-state index contributed by atoms with van der Waals surface area (Å²) in [6.45, 7) is 10.0. The van der Waals surface area contributed by atoms with Crippen LogP contribution in [0, 0.1) is 5.41 Å². The van der Waals surface area contributed by atoms with Crippen LogP contribution in [-0.4, -0.2) is 107 Å². The molecule has 2 fully saturated rings. The first-order valence-corrected chi connectivity index (χ1v) is 22.5. The number of hydrogen-bond acceptors (Lipinski definition) is 12. The number of nitrogens with zero attached hydrogens (tertiary/aromatic N) is 6. The molecule has 7 rings (SSSR count).